The van der Waals surface area contributed by atoms with Crippen LogP contribution in [0.4, 0.5) is 0 Å². The van der Waals surface area contributed by atoms with Crippen molar-refractivity contribution in [1.29, 1.82) is 0 Å². The van der Waals surface area contributed by atoms with Crippen LogP contribution in [-0.4, -0.2) is 42.6 Å². The molecule has 0 spiro atoms. The summed E-state index contributed by atoms with van der Waals surface area (Å²) in [5, 5.41) is 0. The minimum atomic E-state index is -0.258. The molecule has 0 aromatic heterocycles. The summed E-state index contributed by atoms with van der Waals surface area (Å²) in [5.74, 6) is 0.744. The standard InChI is InChI=1S/C17H24N2O2.ClH/c18-12-15-6-7-16(21-15)17(20)19-10-8-14(9-11-19)13-4-2-1-3-5-13;/h1-5,14-16H,6-12,18H2;1H/t15-,16+;/m1./s1. The van der Waals surface area contributed by atoms with Crippen molar-refractivity contribution in [1.82, 2.24) is 4.90 Å². The van der Waals surface area contributed by atoms with Crippen molar-refractivity contribution >= 4 is 18.3 Å². The number of likely N-dealkylation sites (tertiary alicyclic amines) is 1. The van der Waals surface area contributed by atoms with Gasteiger partial charge in [-0.1, -0.05) is 30.3 Å². The van der Waals surface area contributed by atoms with E-state index in [0.29, 0.717) is 12.5 Å². The average molecular weight is 325 g/mol. The summed E-state index contributed by atoms with van der Waals surface area (Å²) in [4.78, 5) is 14.4. The van der Waals surface area contributed by atoms with E-state index < -0.39 is 0 Å². The van der Waals surface area contributed by atoms with Gasteiger partial charge in [-0.25, -0.2) is 0 Å². The van der Waals surface area contributed by atoms with Gasteiger partial charge >= 0.3 is 0 Å². The molecule has 1 amide bonds. The van der Waals surface area contributed by atoms with E-state index in [9.17, 15) is 4.79 Å². The third-order valence-electron chi connectivity index (χ3n) is 4.72. The molecule has 0 radical (unpaired) electrons. The molecule has 2 aliphatic rings. The molecule has 2 N–H and O–H groups in total. The van der Waals surface area contributed by atoms with Crippen LogP contribution in [0.3, 0.4) is 0 Å². The first-order chi connectivity index (χ1) is 10.3. The van der Waals surface area contributed by atoms with Crippen molar-refractivity contribution in [2.75, 3.05) is 19.6 Å². The molecule has 2 aliphatic heterocycles. The van der Waals surface area contributed by atoms with Crippen molar-refractivity contribution < 1.29 is 9.53 Å². The van der Waals surface area contributed by atoms with Crippen molar-refractivity contribution in [3.8, 4) is 0 Å². The van der Waals surface area contributed by atoms with Crippen molar-refractivity contribution in [2.24, 2.45) is 5.73 Å². The minimum Gasteiger partial charge on any atom is -0.364 e. The Morgan fingerprint density at radius 1 is 1.14 bits per heavy atom. The van der Waals surface area contributed by atoms with Gasteiger partial charge in [-0.2, -0.15) is 0 Å². The van der Waals surface area contributed by atoms with E-state index in [4.69, 9.17) is 10.5 Å². The van der Waals surface area contributed by atoms with E-state index in [0.717, 1.165) is 38.8 Å². The molecule has 22 heavy (non-hydrogen) atoms. The van der Waals surface area contributed by atoms with E-state index in [-0.39, 0.29) is 30.5 Å². The molecule has 0 saturated carbocycles. The lowest BCUT2D eigenvalue weighted by Gasteiger charge is -2.33. The smallest absolute Gasteiger partial charge is 0.251 e. The SMILES string of the molecule is Cl.NC[C@H]1CC[C@@H](C(=O)N2CCC(c3ccccc3)CC2)O1. The van der Waals surface area contributed by atoms with Gasteiger partial charge in [0.25, 0.3) is 5.91 Å². The summed E-state index contributed by atoms with van der Waals surface area (Å²) in [7, 11) is 0. The number of hydrogen-bond acceptors (Lipinski definition) is 3. The summed E-state index contributed by atoms with van der Waals surface area (Å²) >= 11 is 0. The number of rotatable bonds is 3. The zero-order chi connectivity index (χ0) is 14.7. The lowest BCUT2D eigenvalue weighted by Crippen LogP contribution is -2.43. The van der Waals surface area contributed by atoms with Crippen LogP contribution in [0.1, 0.15) is 37.2 Å². The first-order valence-corrected chi connectivity index (χ1v) is 7.97. The molecule has 0 aliphatic carbocycles. The lowest BCUT2D eigenvalue weighted by atomic mass is 9.89. The predicted octanol–water partition coefficient (Wildman–Crippen LogP) is 2.32. The zero-order valence-corrected chi connectivity index (χ0v) is 13.6. The van der Waals surface area contributed by atoms with Crippen molar-refractivity contribution in [2.45, 2.75) is 43.8 Å². The molecule has 2 saturated heterocycles. The molecular formula is C17H25ClN2O2. The highest BCUT2D eigenvalue weighted by Gasteiger charge is 2.34. The van der Waals surface area contributed by atoms with Gasteiger partial charge in [-0.15, -0.1) is 12.4 Å². The number of benzene rings is 1. The van der Waals surface area contributed by atoms with Crippen LogP contribution in [0.15, 0.2) is 30.3 Å². The summed E-state index contributed by atoms with van der Waals surface area (Å²) in [6.07, 6.45) is 3.63. The van der Waals surface area contributed by atoms with E-state index in [2.05, 4.69) is 24.3 Å². The van der Waals surface area contributed by atoms with Crippen molar-refractivity contribution in [3.63, 3.8) is 0 Å². The maximum Gasteiger partial charge on any atom is 0.251 e. The number of nitrogens with zero attached hydrogens (tertiary/aromatic N) is 1. The summed E-state index contributed by atoms with van der Waals surface area (Å²) in [6, 6.07) is 10.6. The van der Waals surface area contributed by atoms with Crippen molar-refractivity contribution in [3.05, 3.63) is 35.9 Å². The molecule has 4 nitrogen and oxygen atoms in total. The van der Waals surface area contributed by atoms with Gasteiger partial charge in [0, 0.05) is 19.6 Å². The van der Waals surface area contributed by atoms with Gasteiger partial charge in [0.05, 0.1) is 6.10 Å². The van der Waals surface area contributed by atoms with Gasteiger partial charge in [0.15, 0.2) is 0 Å². The second-order valence-electron chi connectivity index (χ2n) is 6.07. The van der Waals surface area contributed by atoms with Gasteiger partial charge in [-0.05, 0) is 37.2 Å². The third kappa shape index (κ3) is 3.80. The molecule has 0 bridgehead atoms. The Morgan fingerprint density at radius 2 is 1.82 bits per heavy atom. The minimum absolute atomic E-state index is 0. The van der Waals surface area contributed by atoms with Crippen LogP contribution >= 0.6 is 12.4 Å². The molecule has 1 aromatic rings. The van der Waals surface area contributed by atoms with Gasteiger partial charge in [-0.3, -0.25) is 4.79 Å². The molecule has 3 rings (SSSR count). The number of carbonyl (C=O) groups is 1. The van der Waals surface area contributed by atoms with Gasteiger partial charge in [0.2, 0.25) is 0 Å². The maximum absolute atomic E-state index is 12.5. The first-order valence-electron chi connectivity index (χ1n) is 7.97. The normalized spacial score (nSPS) is 25.8. The number of hydrogen-bond donors (Lipinski definition) is 1. The number of carbonyl (C=O) groups excluding carboxylic acids is 1. The van der Waals surface area contributed by atoms with E-state index >= 15 is 0 Å². The van der Waals surface area contributed by atoms with E-state index in [1.165, 1.54) is 5.56 Å². The highest BCUT2D eigenvalue weighted by molar-refractivity contribution is 5.85. The fraction of sp³-hybridized carbons (Fsp3) is 0.588. The highest BCUT2D eigenvalue weighted by atomic mass is 35.5. The van der Waals surface area contributed by atoms with E-state index in [1.54, 1.807) is 0 Å². The second kappa shape index (κ2) is 7.95. The molecule has 5 heteroatoms. The number of amides is 1. The molecule has 2 atom stereocenters. The number of nitrogens with two attached hydrogens (primary N) is 1. The number of ether oxygens (including phenoxy) is 1. The van der Waals surface area contributed by atoms with Crippen LogP contribution in [0.25, 0.3) is 0 Å². The summed E-state index contributed by atoms with van der Waals surface area (Å²) in [5.41, 5.74) is 7.00. The summed E-state index contributed by atoms with van der Waals surface area (Å²) < 4.78 is 5.72. The van der Waals surface area contributed by atoms with Crippen LogP contribution in [0.2, 0.25) is 0 Å². The van der Waals surface area contributed by atoms with Crippen LogP contribution in [0, 0.1) is 0 Å². The quantitative estimate of drug-likeness (QED) is 0.928. The molecule has 2 fully saturated rings. The summed E-state index contributed by atoms with van der Waals surface area (Å²) in [6.45, 7) is 2.19. The van der Waals surface area contributed by atoms with Crippen LogP contribution in [0.5, 0.6) is 0 Å². The molecule has 1 aromatic carbocycles. The van der Waals surface area contributed by atoms with Gasteiger partial charge < -0.3 is 15.4 Å². The second-order valence-corrected chi connectivity index (χ2v) is 6.07. The average Bonchev–Trinajstić information content (AvgIpc) is 3.04. The molecule has 122 valence electrons. The Balaban J connectivity index is 0.00000176. The van der Waals surface area contributed by atoms with Gasteiger partial charge in [0.1, 0.15) is 6.10 Å². The fourth-order valence-corrected chi connectivity index (χ4v) is 3.42. The fourth-order valence-electron chi connectivity index (χ4n) is 3.42. The van der Waals surface area contributed by atoms with Crippen LogP contribution < -0.4 is 5.73 Å². The Hall–Kier alpha value is -1.10. The first kappa shape index (κ1) is 17.3. The number of halogens is 1. The molecule has 0 unspecified atom stereocenters. The highest BCUT2D eigenvalue weighted by Crippen LogP contribution is 2.29. The largest absolute Gasteiger partial charge is 0.364 e. The monoisotopic (exact) mass is 324 g/mol. The Morgan fingerprint density at radius 3 is 2.41 bits per heavy atom. The maximum atomic E-state index is 12.5. The molecular weight excluding hydrogens is 300 g/mol. The lowest BCUT2D eigenvalue weighted by molar-refractivity contribution is -0.143. The topological polar surface area (TPSA) is 55.6 Å². The Kier molecular flexibility index (Phi) is 6.24. The Labute approximate surface area is 138 Å². The zero-order valence-electron chi connectivity index (χ0n) is 12.8. The Bertz CT molecular complexity index is 475. The number of piperidine rings is 1. The predicted molar refractivity (Wildman–Crippen MR) is 89.2 cm³/mol. The molecule has 2 heterocycles. The van der Waals surface area contributed by atoms with Crippen LogP contribution in [-0.2, 0) is 9.53 Å². The van der Waals surface area contributed by atoms with E-state index in [1.807, 2.05) is 11.0 Å². The third-order valence-corrected chi connectivity index (χ3v) is 4.72.